The monoisotopic (exact) mass is 442 g/mol. The van der Waals surface area contributed by atoms with Gasteiger partial charge in [0.1, 0.15) is 0 Å². The van der Waals surface area contributed by atoms with Crippen LogP contribution in [-0.2, 0) is 13.5 Å². The summed E-state index contributed by atoms with van der Waals surface area (Å²) in [6.07, 6.45) is 9.13. The van der Waals surface area contributed by atoms with E-state index in [1.165, 1.54) is 41.6 Å². The van der Waals surface area contributed by atoms with Crippen molar-refractivity contribution in [2.24, 2.45) is 0 Å². The molecule has 0 aromatic heterocycles. The summed E-state index contributed by atoms with van der Waals surface area (Å²) in [6, 6.07) is 4.53. The Labute approximate surface area is 153 Å². The Hall–Kier alpha value is -0.367. The number of aryl methyl sites for hydroxylation is 3. The number of rotatable bonds is 7. The van der Waals surface area contributed by atoms with Crippen molar-refractivity contribution in [2.75, 3.05) is 18.1 Å². The Morgan fingerprint density at radius 1 is 1.04 bits per heavy atom. The Morgan fingerprint density at radius 3 is 2.39 bits per heavy atom. The molecule has 1 aromatic rings. The summed E-state index contributed by atoms with van der Waals surface area (Å²) >= 11 is -1.55. The summed E-state index contributed by atoms with van der Waals surface area (Å²) in [5.74, 6) is 0. The molecule has 2 nitrogen and oxygen atoms in total. The van der Waals surface area contributed by atoms with Crippen LogP contribution in [0.2, 0.25) is 0 Å². The van der Waals surface area contributed by atoms with E-state index in [1.54, 1.807) is 0 Å². The van der Waals surface area contributed by atoms with E-state index >= 15 is 0 Å². The number of unbranched alkanes of at least 4 members (excludes halogenated alkanes) is 3. The van der Waals surface area contributed by atoms with E-state index in [1.807, 2.05) is 0 Å². The third kappa shape index (κ3) is 5.89. The van der Waals surface area contributed by atoms with Crippen molar-refractivity contribution in [1.29, 1.82) is 0 Å². The first kappa shape index (κ1) is 19.0. The van der Waals surface area contributed by atoms with E-state index < -0.39 is 13.5 Å². The third-order valence-corrected chi connectivity index (χ3v) is 6.40. The first-order valence-electron chi connectivity index (χ1n) is 8.06. The Bertz CT molecular complexity index is 572. The molecule has 5 heteroatoms. The summed E-state index contributed by atoms with van der Waals surface area (Å²) in [4.78, 5) is 4.75. The molecule has 0 saturated heterocycles. The van der Waals surface area contributed by atoms with Crippen LogP contribution in [0.25, 0.3) is 0 Å². The fourth-order valence-electron chi connectivity index (χ4n) is 3.17. The van der Waals surface area contributed by atoms with Crippen LogP contribution in [0.4, 0.5) is 5.69 Å². The van der Waals surface area contributed by atoms with Gasteiger partial charge in [0.05, 0.1) is 0 Å². The van der Waals surface area contributed by atoms with Gasteiger partial charge >= 0.3 is 141 Å². The zero-order valence-electron chi connectivity index (χ0n) is 14.1. The molecule has 1 heterocycles. The minimum atomic E-state index is -1.55. The molecule has 1 aliphatic rings. The molecule has 0 spiro atoms. The predicted octanol–water partition coefficient (Wildman–Crippen LogP) is 5.45. The van der Waals surface area contributed by atoms with Gasteiger partial charge in [-0.1, -0.05) is 5.56 Å². The van der Waals surface area contributed by atoms with Gasteiger partial charge < -0.3 is 0 Å². The second-order valence-corrected chi connectivity index (χ2v) is 12.1. The van der Waals surface area contributed by atoms with Crippen molar-refractivity contribution in [3.63, 3.8) is 0 Å². The topological polar surface area (TPSA) is 6.48 Å². The molecule has 0 fully saturated rings. The molecule has 2 rings (SSSR count). The molecule has 23 heavy (non-hydrogen) atoms. The standard InChI is InChI=1S/C18H26N2.2ClH.Ru/c1-5-6-7-8-9-19-10-11-20(14-19)18-16(3)12-15(2)13-17(18)4;;;/h1,10-13H,5-9,14H2,2-4H3;2*1H;/q;;;+2/p-2. The number of nitrogens with zero attached hydrogens (tertiary/aromatic N) is 2. The maximum absolute atomic E-state index is 5.83. The molecule has 1 aliphatic heterocycles. The fourth-order valence-corrected chi connectivity index (χ4v) is 4.81. The van der Waals surface area contributed by atoms with Crippen molar-refractivity contribution in [2.45, 2.75) is 46.5 Å². The maximum atomic E-state index is 5.83. The zero-order valence-corrected chi connectivity index (χ0v) is 17.4. The van der Waals surface area contributed by atoms with E-state index in [2.05, 4.69) is 59.7 Å². The normalized spacial score (nSPS) is 14.6. The average Bonchev–Trinajstić information content (AvgIpc) is 2.89. The first-order valence-corrected chi connectivity index (χ1v) is 13.5. The van der Waals surface area contributed by atoms with E-state index in [0.717, 1.165) is 19.6 Å². The zero-order chi connectivity index (χ0) is 16.8. The minimum absolute atomic E-state index is 0.954. The van der Waals surface area contributed by atoms with E-state index in [-0.39, 0.29) is 0 Å². The molecule has 0 unspecified atom stereocenters. The molecule has 1 aromatic carbocycles. The summed E-state index contributed by atoms with van der Waals surface area (Å²) in [5, 5.41) is 0. The fraction of sp³-hybridized carbons (Fsp3) is 0.500. The van der Waals surface area contributed by atoms with Gasteiger partial charge in [-0.15, -0.1) is 0 Å². The van der Waals surface area contributed by atoms with Crippen LogP contribution in [-0.4, -0.2) is 22.7 Å². The van der Waals surface area contributed by atoms with E-state index in [4.69, 9.17) is 19.4 Å². The molecule has 130 valence electrons. The molecular formula is C18H26Cl2N2Ru. The van der Waals surface area contributed by atoms with Crippen molar-refractivity contribution in [3.8, 4) is 0 Å². The van der Waals surface area contributed by atoms with Crippen LogP contribution in [0, 0.1) is 20.8 Å². The third-order valence-electron chi connectivity index (χ3n) is 4.07. The van der Waals surface area contributed by atoms with Crippen molar-refractivity contribution < 1.29 is 13.5 Å². The second-order valence-electron chi connectivity index (χ2n) is 6.17. The second kappa shape index (κ2) is 9.20. The molecule has 0 atom stereocenters. The molecule has 0 aliphatic carbocycles. The number of hydrogen-bond acceptors (Lipinski definition) is 2. The predicted molar refractivity (Wildman–Crippen MR) is 100 cm³/mol. The van der Waals surface area contributed by atoms with Crippen molar-refractivity contribution in [1.82, 2.24) is 4.90 Å². The van der Waals surface area contributed by atoms with Crippen molar-refractivity contribution >= 4 is 29.7 Å². The first-order chi connectivity index (χ1) is 11.0. The van der Waals surface area contributed by atoms with Crippen LogP contribution in [0.3, 0.4) is 0 Å². The van der Waals surface area contributed by atoms with Gasteiger partial charge in [-0.25, -0.2) is 0 Å². The molecule has 0 amide bonds. The molecular weight excluding hydrogens is 416 g/mol. The van der Waals surface area contributed by atoms with Crippen molar-refractivity contribution in [3.05, 3.63) is 41.2 Å². The van der Waals surface area contributed by atoms with Gasteiger partial charge in [-0.3, -0.25) is 0 Å². The summed E-state index contributed by atoms with van der Waals surface area (Å²) < 4.78 is 2.11. The Balaban J connectivity index is 1.79. The van der Waals surface area contributed by atoms with Gasteiger partial charge in [0.15, 0.2) is 0 Å². The average molecular weight is 442 g/mol. The van der Waals surface area contributed by atoms with Gasteiger partial charge in [-0.05, 0) is 6.92 Å². The van der Waals surface area contributed by atoms with E-state index in [0.29, 0.717) is 0 Å². The SMILES string of the molecule is Cc1cc(C)c(N2C=CN(CCCCC[CH]=[Ru]([Cl])[Cl])C2)c(C)c1. The number of benzene rings is 1. The summed E-state index contributed by atoms with van der Waals surface area (Å²) in [6.45, 7) is 8.63. The summed E-state index contributed by atoms with van der Waals surface area (Å²) in [7, 11) is 11.7. The van der Waals surface area contributed by atoms with E-state index in [9.17, 15) is 0 Å². The number of anilines is 1. The van der Waals surface area contributed by atoms with Crippen LogP contribution < -0.4 is 4.90 Å². The van der Waals surface area contributed by atoms with Gasteiger partial charge in [0.2, 0.25) is 0 Å². The van der Waals surface area contributed by atoms with Gasteiger partial charge in [0.25, 0.3) is 0 Å². The van der Waals surface area contributed by atoms with Crippen LogP contribution in [0.15, 0.2) is 24.5 Å². The molecule has 0 bridgehead atoms. The van der Waals surface area contributed by atoms with Crippen LogP contribution in [0.1, 0.15) is 42.4 Å². The molecule has 0 radical (unpaired) electrons. The quantitative estimate of drug-likeness (QED) is 0.409. The molecule has 0 N–H and O–H groups in total. The van der Waals surface area contributed by atoms with Crippen LogP contribution in [0.5, 0.6) is 0 Å². The number of halogens is 2. The Kier molecular flexibility index (Phi) is 7.59. The molecule has 0 saturated carbocycles. The van der Waals surface area contributed by atoms with Crippen LogP contribution >= 0.6 is 19.4 Å². The Morgan fingerprint density at radius 2 is 1.74 bits per heavy atom. The van der Waals surface area contributed by atoms with Gasteiger partial charge in [-0.2, -0.15) is 0 Å². The summed E-state index contributed by atoms with van der Waals surface area (Å²) in [5.41, 5.74) is 5.39. The van der Waals surface area contributed by atoms with Gasteiger partial charge in [0, 0.05) is 0 Å². The number of hydrogen-bond donors (Lipinski definition) is 0.